The molecule has 182 valence electrons. The van der Waals surface area contributed by atoms with Gasteiger partial charge < -0.3 is 8.94 Å². The Morgan fingerprint density at radius 3 is 2.06 bits per heavy atom. The minimum atomic E-state index is -0.0771. The fraction of sp³-hybridized carbons (Fsp3) is 0.667. The van der Waals surface area contributed by atoms with Crippen molar-refractivity contribution < 1.29 is 8.94 Å². The summed E-state index contributed by atoms with van der Waals surface area (Å²) in [5, 5.41) is 7.66. The second-order valence-corrected chi connectivity index (χ2v) is 12.5. The standard InChI is InChI=1S/C27H41N3O2S/c1-16(2)20-11-21(32-30-20)18(5)12-27(9,10)23-15-33-25(29-23)19(6)13-26(7,8)22-14-31-24(28-22)17(3)4/h11,14-19H,12-13H2,1-10H3. The maximum absolute atomic E-state index is 5.70. The Hall–Kier alpha value is -1.95. The highest BCUT2D eigenvalue weighted by Crippen LogP contribution is 2.39. The van der Waals surface area contributed by atoms with Crippen LogP contribution in [0.15, 0.2) is 26.6 Å². The van der Waals surface area contributed by atoms with Gasteiger partial charge in [0, 0.05) is 40.0 Å². The lowest BCUT2D eigenvalue weighted by Gasteiger charge is -2.26. The highest BCUT2D eigenvalue weighted by atomic mass is 32.1. The van der Waals surface area contributed by atoms with E-state index >= 15 is 0 Å². The quantitative estimate of drug-likeness (QED) is 0.297. The zero-order chi connectivity index (χ0) is 24.6. The molecule has 0 bridgehead atoms. The highest BCUT2D eigenvalue weighted by Gasteiger charge is 2.32. The van der Waals surface area contributed by atoms with Crippen molar-refractivity contribution in [2.75, 3.05) is 0 Å². The van der Waals surface area contributed by atoms with Gasteiger partial charge in [-0.1, -0.05) is 74.4 Å². The summed E-state index contributed by atoms with van der Waals surface area (Å²) >= 11 is 1.77. The molecule has 0 aliphatic rings. The molecule has 2 unspecified atom stereocenters. The van der Waals surface area contributed by atoms with E-state index in [0.29, 0.717) is 17.8 Å². The van der Waals surface area contributed by atoms with Crippen LogP contribution < -0.4 is 0 Å². The summed E-state index contributed by atoms with van der Waals surface area (Å²) in [5.41, 5.74) is 3.08. The SMILES string of the molecule is CC(C)c1cc(C(C)CC(C)(C)c2csc(C(C)CC(C)(C)c3coc(C(C)C)n3)n2)on1. The number of hydrogen-bond donors (Lipinski definition) is 0. The molecule has 3 rings (SSSR count). The van der Waals surface area contributed by atoms with Crippen molar-refractivity contribution in [3.63, 3.8) is 0 Å². The Morgan fingerprint density at radius 2 is 1.48 bits per heavy atom. The first-order valence-electron chi connectivity index (χ1n) is 12.2. The first-order valence-corrected chi connectivity index (χ1v) is 13.1. The summed E-state index contributed by atoms with van der Waals surface area (Å²) in [6, 6.07) is 2.11. The van der Waals surface area contributed by atoms with Crippen LogP contribution in [0.5, 0.6) is 0 Å². The van der Waals surface area contributed by atoms with E-state index < -0.39 is 0 Å². The van der Waals surface area contributed by atoms with Gasteiger partial charge in [-0.15, -0.1) is 11.3 Å². The van der Waals surface area contributed by atoms with Crippen LogP contribution in [-0.2, 0) is 10.8 Å². The summed E-state index contributed by atoms with van der Waals surface area (Å²) in [5.74, 6) is 3.07. The van der Waals surface area contributed by atoms with Crippen molar-refractivity contribution >= 4 is 11.3 Å². The lowest BCUT2D eigenvalue weighted by atomic mass is 9.80. The van der Waals surface area contributed by atoms with Gasteiger partial charge in [-0.05, 0) is 18.8 Å². The van der Waals surface area contributed by atoms with E-state index in [4.69, 9.17) is 18.9 Å². The third-order valence-corrected chi connectivity index (χ3v) is 7.68. The molecule has 2 atom stereocenters. The van der Waals surface area contributed by atoms with E-state index in [1.807, 2.05) is 6.26 Å². The fourth-order valence-electron chi connectivity index (χ4n) is 4.42. The van der Waals surface area contributed by atoms with E-state index in [2.05, 4.69) is 85.8 Å². The van der Waals surface area contributed by atoms with Crippen LogP contribution in [0.2, 0.25) is 0 Å². The summed E-state index contributed by atoms with van der Waals surface area (Å²) in [6.45, 7) is 22.0. The number of oxazole rings is 1. The molecule has 0 aliphatic carbocycles. The number of aromatic nitrogens is 3. The summed E-state index contributed by atoms with van der Waals surface area (Å²) in [6.07, 6.45) is 3.75. The van der Waals surface area contributed by atoms with Crippen LogP contribution in [0.1, 0.15) is 139 Å². The Bertz CT molecular complexity index is 1040. The summed E-state index contributed by atoms with van der Waals surface area (Å²) < 4.78 is 11.3. The van der Waals surface area contributed by atoms with Gasteiger partial charge in [-0.2, -0.15) is 0 Å². The van der Waals surface area contributed by atoms with E-state index in [1.165, 1.54) is 5.01 Å². The minimum absolute atomic E-state index is 0.0491. The third-order valence-electron chi connectivity index (χ3n) is 6.60. The number of rotatable bonds is 10. The lowest BCUT2D eigenvalue weighted by molar-refractivity contribution is 0.327. The molecule has 0 radical (unpaired) electrons. The number of nitrogens with zero attached hydrogens (tertiary/aromatic N) is 3. The van der Waals surface area contributed by atoms with Gasteiger partial charge in [-0.25, -0.2) is 9.97 Å². The van der Waals surface area contributed by atoms with Crippen molar-refractivity contribution in [3.05, 3.63) is 51.4 Å². The van der Waals surface area contributed by atoms with Gasteiger partial charge >= 0.3 is 0 Å². The van der Waals surface area contributed by atoms with E-state index in [0.717, 1.165) is 41.6 Å². The topological polar surface area (TPSA) is 65.0 Å². The highest BCUT2D eigenvalue weighted by molar-refractivity contribution is 7.09. The van der Waals surface area contributed by atoms with E-state index in [1.54, 1.807) is 11.3 Å². The number of hydrogen-bond acceptors (Lipinski definition) is 6. The molecule has 0 aromatic carbocycles. The molecule has 0 amide bonds. The molecule has 5 nitrogen and oxygen atoms in total. The molecule has 0 spiro atoms. The van der Waals surface area contributed by atoms with Crippen LogP contribution in [0, 0.1) is 0 Å². The van der Waals surface area contributed by atoms with Gasteiger partial charge in [0.1, 0.15) is 12.0 Å². The zero-order valence-electron chi connectivity index (χ0n) is 22.0. The molecular weight excluding hydrogens is 430 g/mol. The van der Waals surface area contributed by atoms with Crippen LogP contribution in [0.3, 0.4) is 0 Å². The van der Waals surface area contributed by atoms with Gasteiger partial charge in [-0.3, -0.25) is 0 Å². The molecule has 6 heteroatoms. The summed E-state index contributed by atoms with van der Waals surface area (Å²) in [4.78, 5) is 9.85. The minimum Gasteiger partial charge on any atom is -0.448 e. The molecular formula is C27H41N3O2S. The smallest absolute Gasteiger partial charge is 0.196 e. The second kappa shape index (κ2) is 9.73. The molecule has 33 heavy (non-hydrogen) atoms. The van der Waals surface area contributed by atoms with Crippen LogP contribution >= 0.6 is 11.3 Å². The fourth-order valence-corrected chi connectivity index (χ4v) is 5.50. The molecule has 0 saturated carbocycles. The van der Waals surface area contributed by atoms with Gasteiger partial charge in [0.2, 0.25) is 0 Å². The Balaban J connectivity index is 1.68. The zero-order valence-corrected chi connectivity index (χ0v) is 22.8. The monoisotopic (exact) mass is 471 g/mol. The van der Waals surface area contributed by atoms with Crippen molar-refractivity contribution in [1.82, 2.24) is 15.1 Å². The second-order valence-electron chi connectivity index (χ2n) is 11.6. The molecule has 3 aromatic heterocycles. The Labute approximate surface area is 203 Å². The van der Waals surface area contributed by atoms with Gasteiger partial charge in [0.15, 0.2) is 5.89 Å². The lowest BCUT2D eigenvalue weighted by Crippen LogP contribution is -2.22. The summed E-state index contributed by atoms with van der Waals surface area (Å²) in [7, 11) is 0. The van der Waals surface area contributed by atoms with Crippen molar-refractivity contribution in [2.45, 2.75) is 117 Å². The average Bonchev–Trinajstić information content (AvgIpc) is 3.47. The molecule has 0 fully saturated rings. The van der Waals surface area contributed by atoms with E-state index in [9.17, 15) is 0 Å². The molecule has 3 aromatic rings. The van der Waals surface area contributed by atoms with Crippen LogP contribution in [-0.4, -0.2) is 15.1 Å². The molecule has 0 N–H and O–H groups in total. The van der Waals surface area contributed by atoms with E-state index in [-0.39, 0.29) is 16.7 Å². The molecule has 0 aliphatic heterocycles. The third kappa shape index (κ3) is 5.95. The van der Waals surface area contributed by atoms with Crippen molar-refractivity contribution in [1.29, 1.82) is 0 Å². The first-order chi connectivity index (χ1) is 15.3. The van der Waals surface area contributed by atoms with Crippen molar-refractivity contribution in [3.8, 4) is 0 Å². The largest absolute Gasteiger partial charge is 0.448 e. The van der Waals surface area contributed by atoms with Gasteiger partial charge in [0.05, 0.1) is 22.1 Å². The predicted octanol–water partition coefficient (Wildman–Crippen LogP) is 8.31. The maximum atomic E-state index is 5.70. The van der Waals surface area contributed by atoms with Crippen molar-refractivity contribution in [2.24, 2.45) is 0 Å². The Kier molecular flexibility index (Phi) is 7.57. The predicted molar refractivity (Wildman–Crippen MR) is 135 cm³/mol. The maximum Gasteiger partial charge on any atom is 0.196 e. The first kappa shape index (κ1) is 25.7. The number of thiazole rings is 1. The van der Waals surface area contributed by atoms with Crippen LogP contribution in [0.25, 0.3) is 0 Å². The molecule has 0 saturated heterocycles. The normalized spacial score (nSPS) is 14.9. The average molecular weight is 472 g/mol. The van der Waals surface area contributed by atoms with Gasteiger partial charge in [0.25, 0.3) is 0 Å². The molecule has 3 heterocycles. The Morgan fingerprint density at radius 1 is 0.848 bits per heavy atom. The van der Waals surface area contributed by atoms with Crippen LogP contribution in [0.4, 0.5) is 0 Å².